The number of carbonyl (C=O) groups is 2. The maximum absolute atomic E-state index is 12.6. The molecule has 1 fully saturated rings. The van der Waals surface area contributed by atoms with Crippen LogP contribution in [0, 0.1) is 0 Å². The van der Waals surface area contributed by atoms with Crippen LogP contribution in [0.1, 0.15) is 35.8 Å². The fourth-order valence-electron chi connectivity index (χ4n) is 3.34. The van der Waals surface area contributed by atoms with Gasteiger partial charge in [-0.15, -0.1) is 0 Å². The van der Waals surface area contributed by atoms with Gasteiger partial charge in [-0.2, -0.15) is 10.2 Å². The van der Waals surface area contributed by atoms with Crippen LogP contribution in [0.5, 0.6) is 0 Å². The number of nitrogens with one attached hydrogen (secondary N) is 2. The van der Waals surface area contributed by atoms with Crippen LogP contribution in [0.2, 0.25) is 0 Å². The van der Waals surface area contributed by atoms with Crippen molar-refractivity contribution >= 4 is 11.8 Å². The number of likely N-dealkylation sites (tertiary alicyclic amines) is 1. The first-order valence-corrected chi connectivity index (χ1v) is 8.04. The Morgan fingerprint density at radius 2 is 2.29 bits per heavy atom. The Morgan fingerprint density at radius 3 is 3.00 bits per heavy atom. The fourth-order valence-corrected chi connectivity index (χ4v) is 3.34. The molecule has 0 saturated carbocycles. The monoisotopic (exact) mass is 330 g/mol. The fraction of sp³-hybridized carbons (Fsp3) is 0.500. The minimum atomic E-state index is -0.323. The molecule has 2 amide bonds. The summed E-state index contributed by atoms with van der Waals surface area (Å²) in [5, 5.41) is 13.7. The SMILES string of the molecule is CNC(=O)c1cn[nH]c1[C@]1(C)CCCN(C(=O)Cn2cccn2)C1. The van der Waals surface area contributed by atoms with Gasteiger partial charge in [0.25, 0.3) is 5.91 Å². The van der Waals surface area contributed by atoms with Gasteiger partial charge in [-0.1, -0.05) is 6.92 Å². The molecular formula is C16H22N6O2. The van der Waals surface area contributed by atoms with E-state index >= 15 is 0 Å². The number of aromatic nitrogens is 4. The summed E-state index contributed by atoms with van der Waals surface area (Å²) in [4.78, 5) is 26.4. The molecule has 0 aromatic carbocycles. The van der Waals surface area contributed by atoms with Crippen LogP contribution in [-0.2, 0) is 16.8 Å². The van der Waals surface area contributed by atoms with Gasteiger partial charge in [0, 0.05) is 37.9 Å². The first-order valence-electron chi connectivity index (χ1n) is 8.04. The van der Waals surface area contributed by atoms with Gasteiger partial charge in [-0.3, -0.25) is 19.4 Å². The number of H-pyrrole nitrogens is 1. The highest BCUT2D eigenvalue weighted by Gasteiger charge is 2.38. The van der Waals surface area contributed by atoms with E-state index in [4.69, 9.17) is 0 Å². The average Bonchev–Trinajstić information content (AvgIpc) is 3.25. The molecule has 128 valence electrons. The third-order valence-electron chi connectivity index (χ3n) is 4.62. The second kappa shape index (κ2) is 6.46. The van der Waals surface area contributed by atoms with E-state index in [1.807, 2.05) is 4.90 Å². The van der Waals surface area contributed by atoms with Crippen LogP contribution in [0.15, 0.2) is 24.7 Å². The third-order valence-corrected chi connectivity index (χ3v) is 4.62. The maximum atomic E-state index is 12.6. The zero-order chi connectivity index (χ0) is 17.2. The number of nitrogens with zero attached hydrogens (tertiary/aromatic N) is 4. The molecule has 0 bridgehead atoms. The number of hydrogen-bond acceptors (Lipinski definition) is 4. The molecule has 1 atom stereocenters. The van der Waals surface area contributed by atoms with E-state index in [9.17, 15) is 9.59 Å². The Balaban J connectivity index is 1.78. The van der Waals surface area contributed by atoms with E-state index in [-0.39, 0.29) is 23.8 Å². The quantitative estimate of drug-likeness (QED) is 0.855. The Bertz CT molecular complexity index is 723. The zero-order valence-corrected chi connectivity index (χ0v) is 14.0. The normalized spacial score (nSPS) is 20.8. The van der Waals surface area contributed by atoms with E-state index in [0.29, 0.717) is 12.1 Å². The van der Waals surface area contributed by atoms with Crippen molar-refractivity contribution in [2.24, 2.45) is 0 Å². The summed E-state index contributed by atoms with van der Waals surface area (Å²) in [5.41, 5.74) is 1.01. The molecule has 2 aromatic heterocycles. The predicted molar refractivity (Wildman–Crippen MR) is 87.4 cm³/mol. The summed E-state index contributed by atoms with van der Waals surface area (Å²) in [7, 11) is 1.60. The van der Waals surface area contributed by atoms with Gasteiger partial charge < -0.3 is 10.2 Å². The van der Waals surface area contributed by atoms with Crippen LogP contribution in [-0.4, -0.2) is 56.8 Å². The molecule has 3 rings (SSSR count). The maximum Gasteiger partial charge on any atom is 0.254 e. The van der Waals surface area contributed by atoms with Crippen molar-refractivity contribution in [2.45, 2.75) is 31.7 Å². The Morgan fingerprint density at radius 1 is 1.46 bits per heavy atom. The number of aromatic amines is 1. The molecule has 8 nitrogen and oxygen atoms in total. The van der Waals surface area contributed by atoms with Gasteiger partial charge in [0.2, 0.25) is 5.91 Å². The van der Waals surface area contributed by atoms with Crippen LogP contribution < -0.4 is 5.32 Å². The van der Waals surface area contributed by atoms with Crippen molar-refractivity contribution in [1.29, 1.82) is 0 Å². The van der Waals surface area contributed by atoms with E-state index in [1.54, 1.807) is 36.4 Å². The zero-order valence-electron chi connectivity index (χ0n) is 14.0. The average molecular weight is 330 g/mol. The lowest BCUT2D eigenvalue weighted by Crippen LogP contribution is -2.48. The van der Waals surface area contributed by atoms with Crippen LogP contribution in [0.4, 0.5) is 0 Å². The lowest BCUT2D eigenvalue weighted by Gasteiger charge is -2.40. The van der Waals surface area contributed by atoms with Crippen molar-refractivity contribution < 1.29 is 9.59 Å². The number of carbonyl (C=O) groups excluding carboxylic acids is 2. The molecule has 0 unspecified atom stereocenters. The predicted octanol–water partition coefficient (Wildman–Crippen LogP) is 0.546. The second-order valence-corrected chi connectivity index (χ2v) is 6.42. The molecule has 2 aromatic rings. The standard InChI is InChI=1S/C16H22N6O2/c1-16(14-12(9-18-20-14)15(24)17-2)5-3-7-21(11-16)13(23)10-22-8-4-6-19-22/h4,6,8-9H,3,5,7,10-11H2,1-2H3,(H,17,24)(H,18,20)/t16-/m1/s1. The molecular weight excluding hydrogens is 308 g/mol. The van der Waals surface area contributed by atoms with E-state index in [0.717, 1.165) is 25.1 Å². The summed E-state index contributed by atoms with van der Waals surface area (Å²) >= 11 is 0. The molecule has 1 saturated heterocycles. The Kier molecular flexibility index (Phi) is 4.37. The minimum Gasteiger partial charge on any atom is -0.355 e. The minimum absolute atomic E-state index is 0.0330. The highest BCUT2D eigenvalue weighted by molar-refractivity contribution is 5.95. The van der Waals surface area contributed by atoms with Gasteiger partial charge in [0.1, 0.15) is 6.54 Å². The molecule has 1 aliphatic rings. The molecule has 8 heteroatoms. The van der Waals surface area contributed by atoms with E-state index in [2.05, 4.69) is 27.5 Å². The van der Waals surface area contributed by atoms with Crippen molar-refractivity contribution in [3.8, 4) is 0 Å². The number of amides is 2. The van der Waals surface area contributed by atoms with Gasteiger partial charge in [-0.25, -0.2) is 0 Å². The number of rotatable bonds is 4. The smallest absolute Gasteiger partial charge is 0.254 e. The topological polar surface area (TPSA) is 95.9 Å². The molecule has 3 heterocycles. The van der Waals surface area contributed by atoms with Gasteiger partial charge in [-0.05, 0) is 18.9 Å². The largest absolute Gasteiger partial charge is 0.355 e. The van der Waals surface area contributed by atoms with Crippen molar-refractivity contribution in [2.75, 3.05) is 20.1 Å². The summed E-state index contributed by atoms with van der Waals surface area (Å²) in [6.45, 7) is 3.58. The molecule has 1 aliphatic heterocycles. The van der Waals surface area contributed by atoms with E-state index in [1.165, 1.54) is 0 Å². The first-order chi connectivity index (χ1) is 11.5. The lowest BCUT2D eigenvalue weighted by molar-refractivity contribution is -0.134. The van der Waals surface area contributed by atoms with Crippen LogP contribution in [0.25, 0.3) is 0 Å². The third kappa shape index (κ3) is 3.04. The number of hydrogen-bond donors (Lipinski definition) is 2. The van der Waals surface area contributed by atoms with Gasteiger partial charge >= 0.3 is 0 Å². The van der Waals surface area contributed by atoms with E-state index < -0.39 is 0 Å². The molecule has 2 N–H and O–H groups in total. The van der Waals surface area contributed by atoms with Crippen LogP contribution >= 0.6 is 0 Å². The van der Waals surface area contributed by atoms with Crippen molar-refractivity contribution in [3.63, 3.8) is 0 Å². The Hall–Kier alpha value is -2.64. The van der Waals surface area contributed by atoms with Gasteiger partial charge in [0.15, 0.2) is 0 Å². The Labute approximate surface area is 140 Å². The summed E-state index contributed by atoms with van der Waals surface area (Å²) in [6, 6.07) is 1.80. The molecule has 0 spiro atoms. The summed E-state index contributed by atoms with van der Waals surface area (Å²) in [5.74, 6) is -0.134. The highest BCUT2D eigenvalue weighted by Crippen LogP contribution is 2.34. The highest BCUT2D eigenvalue weighted by atomic mass is 16.2. The van der Waals surface area contributed by atoms with Crippen LogP contribution in [0.3, 0.4) is 0 Å². The van der Waals surface area contributed by atoms with Gasteiger partial charge in [0.05, 0.1) is 17.5 Å². The molecule has 24 heavy (non-hydrogen) atoms. The van der Waals surface area contributed by atoms with Crippen molar-refractivity contribution in [3.05, 3.63) is 35.9 Å². The second-order valence-electron chi connectivity index (χ2n) is 6.42. The summed E-state index contributed by atoms with van der Waals surface area (Å²) in [6.07, 6.45) is 6.76. The lowest BCUT2D eigenvalue weighted by atomic mass is 9.77. The molecule has 0 radical (unpaired) electrons. The number of piperidine rings is 1. The first kappa shape index (κ1) is 16.2. The van der Waals surface area contributed by atoms with Crippen molar-refractivity contribution in [1.82, 2.24) is 30.2 Å². The summed E-state index contributed by atoms with van der Waals surface area (Å²) < 4.78 is 1.63. The molecule has 0 aliphatic carbocycles.